The highest BCUT2D eigenvalue weighted by atomic mass is 16.3. The lowest BCUT2D eigenvalue weighted by atomic mass is 10.1. The van der Waals surface area contributed by atoms with Gasteiger partial charge < -0.3 is 10.2 Å². The van der Waals surface area contributed by atoms with E-state index in [0.29, 0.717) is 0 Å². The number of hydrogen-bond donors (Lipinski definition) is 2. The average molecular weight is 158 g/mol. The fourth-order valence-electron chi connectivity index (χ4n) is 0.933. The van der Waals surface area contributed by atoms with Gasteiger partial charge in [0.25, 0.3) is 0 Å². The van der Waals surface area contributed by atoms with Crippen LogP contribution in [-0.4, -0.2) is 22.9 Å². The lowest BCUT2D eigenvalue weighted by molar-refractivity contribution is 0.200. The number of aliphatic hydroxyl groups excluding tert-OH is 2. The van der Waals surface area contributed by atoms with Crippen LogP contribution >= 0.6 is 0 Å². The quantitative estimate of drug-likeness (QED) is 0.470. The van der Waals surface area contributed by atoms with E-state index in [9.17, 15) is 5.11 Å². The fourth-order valence-corrected chi connectivity index (χ4v) is 0.933. The Morgan fingerprint density at radius 3 is 2.45 bits per heavy atom. The summed E-state index contributed by atoms with van der Waals surface area (Å²) >= 11 is 0. The van der Waals surface area contributed by atoms with Gasteiger partial charge in [-0.15, -0.1) is 0 Å². The van der Waals surface area contributed by atoms with Gasteiger partial charge in [0.2, 0.25) is 0 Å². The molecule has 11 heavy (non-hydrogen) atoms. The van der Waals surface area contributed by atoms with E-state index in [1.165, 1.54) is 0 Å². The van der Waals surface area contributed by atoms with E-state index in [2.05, 4.69) is 0 Å². The molecule has 2 heteroatoms. The maximum atomic E-state index is 9.29. The molecule has 0 rings (SSSR count). The predicted molar refractivity (Wildman–Crippen MR) is 46.4 cm³/mol. The summed E-state index contributed by atoms with van der Waals surface area (Å²) in [5, 5.41) is 17.8. The zero-order valence-electron chi connectivity index (χ0n) is 7.38. The Morgan fingerprint density at radius 1 is 1.36 bits per heavy atom. The summed E-state index contributed by atoms with van der Waals surface area (Å²) in [5.74, 6) is 0. The van der Waals surface area contributed by atoms with Crippen LogP contribution in [0.25, 0.3) is 0 Å². The van der Waals surface area contributed by atoms with Crippen LogP contribution in [0.3, 0.4) is 0 Å². The highest BCUT2D eigenvalue weighted by Gasteiger charge is 1.98. The van der Waals surface area contributed by atoms with Gasteiger partial charge in [-0.1, -0.05) is 11.6 Å². The van der Waals surface area contributed by atoms with Crippen LogP contribution < -0.4 is 0 Å². The molecule has 1 unspecified atom stereocenters. The van der Waals surface area contributed by atoms with Gasteiger partial charge in [0, 0.05) is 6.61 Å². The first kappa shape index (κ1) is 10.7. The van der Waals surface area contributed by atoms with Crippen LogP contribution in [0.2, 0.25) is 0 Å². The minimum atomic E-state index is -0.327. The van der Waals surface area contributed by atoms with Crippen molar-refractivity contribution in [3.63, 3.8) is 0 Å². The van der Waals surface area contributed by atoms with E-state index in [-0.39, 0.29) is 12.7 Å². The third-order valence-electron chi connectivity index (χ3n) is 1.43. The van der Waals surface area contributed by atoms with Crippen LogP contribution in [0, 0.1) is 0 Å². The number of rotatable bonds is 5. The zero-order valence-corrected chi connectivity index (χ0v) is 7.38. The molecule has 66 valence electrons. The Hall–Kier alpha value is -0.340. The van der Waals surface area contributed by atoms with E-state index in [1.54, 1.807) is 0 Å². The van der Waals surface area contributed by atoms with Gasteiger partial charge in [0.1, 0.15) is 0 Å². The highest BCUT2D eigenvalue weighted by Crippen LogP contribution is 2.03. The fraction of sp³-hybridized carbons (Fsp3) is 0.778. The smallest absolute Gasteiger partial charge is 0.0723 e. The van der Waals surface area contributed by atoms with E-state index >= 15 is 0 Å². The lowest BCUT2D eigenvalue weighted by Crippen LogP contribution is -2.02. The summed E-state index contributed by atoms with van der Waals surface area (Å²) in [6.45, 7) is 4.16. The average Bonchev–Trinajstić information content (AvgIpc) is 1.86. The standard InChI is InChI=1S/C9H18O2/c1-8(2)7-9(11)5-3-4-6-10/h7,9-11H,3-6H2,1-2H3. The number of hydrogen-bond acceptors (Lipinski definition) is 2. The molecule has 0 aromatic carbocycles. The van der Waals surface area contributed by atoms with E-state index in [0.717, 1.165) is 24.8 Å². The van der Waals surface area contributed by atoms with Gasteiger partial charge in [-0.3, -0.25) is 0 Å². The predicted octanol–water partition coefficient (Wildman–Crippen LogP) is 1.48. The van der Waals surface area contributed by atoms with Crippen molar-refractivity contribution < 1.29 is 10.2 Å². The van der Waals surface area contributed by atoms with Crippen molar-refractivity contribution in [1.29, 1.82) is 0 Å². The minimum Gasteiger partial charge on any atom is -0.396 e. The molecular weight excluding hydrogens is 140 g/mol. The number of allylic oxidation sites excluding steroid dienone is 1. The Morgan fingerprint density at radius 2 is 2.00 bits per heavy atom. The molecule has 0 bridgehead atoms. The molecule has 2 N–H and O–H groups in total. The van der Waals surface area contributed by atoms with E-state index in [1.807, 2.05) is 19.9 Å². The third kappa shape index (κ3) is 7.56. The van der Waals surface area contributed by atoms with Crippen molar-refractivity contribution in [2.75, 3.05) is 6.61 Å². The van der Waals surface area contributed by atoms with Crippen molar-refractivity contribution in [2.45, 2.75) is 39.2 Å². The van der Waals surface area contributed by atoms with Gasteiger partial charge in [-0.25, -0.2) is 0 Å². The van der Waals surface area contributed by atoms with Crippen molar-refractivity contribution in [3.05, 3.63) is 11.6 Å². The topological polar surface area (TPSA) is 40.5 Å². The first-order valence-corrected chi connectivity index (χ1v) is 4.10. The second-order valence-corrected chi connectivity index (χ2v) is 3.03. The SMILES string of the molecule is CC(C)=CC(O)CCCCO. The highest BCUT2D eigenvalue weighted by molar-refractivity contribution is 4.97. The number of aliphatic hydroxyl groups is 2. The first-order chi connectivity index (χ1) is 5.16. The molecule has 0 aliphatic rings. The van der Waals surface area contributed by atoms with Gasteiger partial charge in [-0.2, -0.15) is 0 Å². The van der Waals surface area contributed by atoms with Gasteiger partial charge >= 0.3 is 0 Å². The molecule has 0 fully saturated rings. The molecule has 0 aliphatic carbocycles. The Bertz CT molecular complexity index is 115. The van der Waals surface area contributed by atoms with Crippen LogP contribution in [0.1, 0.15) is 33.1 Å². The van der Waals surface area contributed by atoms with Crippen LogP contribution in [0.4, 0.5) is 0 Å². The van der Waals surface area contributed by atoms with E-state index < -0.39 is 0 Å². The third-order valence-corrected chi connectivity index (χ3v) is 1.43. The second-order valence-electron chi connectivity index (χ2n) is 3.03. The number of unbranched alkanes of at least 4 members (excludes halogenated alkanes) is 1. The maximum Gasteiger partial charge on any atom is 0.0723 e. The minimum absolute atomic E-state index is 0.224. The molecule has 0 amide bonds. The molecule has 0 radical (unpaired) electrons. The Kier molecular flexibility index (Phi) is 6.18. The molecule has 0 saturated heterocycles. The molecule has 0 aromatic heterocycles. The summed E-state index contributed by atoms with van der Waals surface area (Å²) < 4.78 is 0. The van der Waals surface area contributed by atoms with Gasteiger partial charge in [-0.05, 0) is 33.1 Å². The summed E-state index contributed by atoms with van der Waals surface area (Å²) in [6.07, 6.45) is 3.95. The van der Waals surface area contributed by atoms with Crippen molar-refractivity contribution >= 4 is 0 Å². The molecular formula is C9H18O2. The van der Waals surface area contributed by atoms with Crippen LogP contribution in [0.15, 0.2) is 11.6 Å². The van der Waals surface area contributed by atoms with Gasteiger partial charge in [0.15, 0.2) is 0 Å². The monoisotopic (exact) mass is 158 g/mol. The summed E-state index contributed by atoms with van der Waals surface area (Å²) in [7, 11) is 0. The molecule has 2 nitrogen and oxygen atoms in total. The Labute approximate surface area is 68.6 Å². The maximum absolute atomic E-state index is 9.29. The van der Waals surface area contributed by atoms with E-state index in [4.69, 9.17) is 5.11 Å². The lowest BCUT2D eigenvalue weighted by Gasteiger charge is -2.04. The molecule has 0 heterocycles. The first-order valence-electron chi connectivity index (χ1n) is 4.10. The largest absolute Gasteiger partial charge is 0.396 e. The molecule has 0 saturated carbocycles. The van der Waals surface area contributed by atoms with Crippen LogP contribution in [0.5, 0.6) is 0 Å². The normalized spacial score (nSPS) is 12.7. The summed E-state index contributed by atoms with van der Waals surface area (Å²) in [5.41, 5.74) is 1.14. The van der Waals surface area contributed by atoms with Gasteiger partial charge in [0.05, 0.1) is 6.10 Å². The Balaban J connectivity index is 3.37. The van der Waals surface area contributed by atoms with Crippen LogP contribution in [-0.2, 0) is 0 Å². The molecule has 0 aliphatic heterocycles. The molecule has 0 aromatic rings. The second kappa shape index (κ2) is 6.38. The zero-order chi connectivity index (χ0) is 8.69. The summed E-state index contributed by atoms with van der Waals surface area (Å²) in [4.78, 5) is 0. The summed E-state index contributed by atoms with van der Waals surface area (Å²) in [6, 6.07) is 0. The molecule has 1 atom stereocenters. The van der Waals surface area contributed by atoms with Crippen molar-refractivity contribution in [1.82, 2.24) is 0 Å². The van der Waals surface area contributed by atoms with Crippen molar-refractivity contribution in [2.24, 2.45) is 0 Å². The van der Waals surface area contributed by atoms with Crippen molar-refractivity contribution in [3.8, 4) is 0 Å². The molecule has 0 spiro atoms.